The van der Waals surface area contributed by atoms with Gasteiger partial charge >= 0.3 is 0 Å². The molecule has 1 saturated heterocycles. The Morgan fingerprint density at radius 2 is 2.21 bits per heavy atom. The molecule has 0 unspecified atom stereocenters. The van der Waals surface area contributed by atoms with Crippen molar-refractivity contribution in [2.45, 2.75) is 25.3 Å². The molecule has 1 aromatic heterocycles. The lowest BCUT2D eigenvalue weighted by molar-refractivity contribution is -0.131. The van der Waals surface area contributed by atoms with Crippen LogP contribution in [0.1, 0.15) is 30.3 Å². The third kappa shape index (κ3) is 3.49. The summed E-state index contributed by atoms with van der Waals surface area (Å²) in [5, 5.41) is 5.03. The fourth-order valence-corrected chi connectivity index (χ4v) is 3.19. The number of carbonyl (C=O) groups is 1. The Morgan fingerprint density at radius 3 is 2.92 bits per heavy atom. The summed E-state index contributed by atoms with van der Waals surface area (Å²) >= 11 is 12.2. The lowest BCUT2D eigenvalue weighted by atomic mass is 10.1. The van der Waals surface area contributed by atoms with Crippen LogP contribution in [0.3, 0.4) is 0 Å². The first kappa shape index (κ1) is 17.0. The highest BCUT2D eigenvalue weighted by molar-refractivity contribution is 6.33. The van der Waals surface area contributed by atoms with Crippen LogP contribution < -0.4 is 4.90 Å². The average Bonchev–Trinajstić information content (AvgIpc) is 3.18. The van der Waals surface area contributed by atoms with Gasteiger partial charge in [-0.05, 0) is 41.8 Å². The van der Waals surface area contributed by atoms with Crippen LogP contribution in [-0.4, -0.2) is 41.6 Å². The quantitative estimate of drug-likeness (QED) is 0.827. The molecule has 3 rings (SSSR count). The number of carbonyl (C=O) groups excluding carboxylic acids is 1. The van der Waals surface area contributed by atoms with Gasteiger partial charge in [-0.2, -0.15) is 4.98 Å². The Hall–Kier alpha value is -1.79. The molecule has 0 radical (unpaired) electrons. The van der Waals surface area contributed by atoms with Gasteiger partial charge in [0, 0.05) is 30.7 Å². The van der Waals surface area contributed by atoms with Crippen molar-refractivity contribution in [1.82, 2.24) is 15.0 Å². The van der Waals surface area contributed by atoms with Crippen molar-refractivity contribution in [2.75, 3.05) is 25.5 Å². The van der Waals surface area contributed by atoms with Gasteiger partial charge in [0.05, 0.1) is 6.42 Å². The minimum Gasteiger partial charge on any atom is -0.344 e. The first-order valence-electron chi connectivity index (χ1n) is 7.70. The summed E-state index contributed by atoms with van der Waals surface area (Å²) in [6.45, 7) is 0.668. The summed E-state index contributed by atoms with van der Waals surface area (Å²) in [7, 11) is 3.68. The van der Waals surface area contributed by atoms with Crippen LogP contribution in [0.2, 0.25) is 10.0 Å². The number of aromatic nitrogens is 2. The van der Waals surface area contributed by atoms with Crippen LogP contribution >= 0.6 is 23.2 Å². The normalized spacial score (nSPS) is 17.3. The molecule has 1 aliphatic heterocycles. The number of halogens is 2. The number of anilines is 1. The van der Waals surface area contributed by atoms with Gasteiger partial charge in [0.2, 0.25) is 5.91 Å². The zero-order valence-electron chi connectivity index (χ0n) is 13.5. The van der Waals surface area contributed by atoms with E-state index in [-0.39, 0.29) is 18.4 Å². The highest BCUT2D eigenvalue weighted by Crippen LogP contribution is 2.32. The van der Waals surface area contributed by atoms with E-state index in [0.717, 1.165) is 18.4 Å². The highest BCUT2D eigenvalue weighted by atomic mass is 35.5. The summed E-state index contributed by atoms with van der Waals surface area (Å²) in [5.41, 5.74) is 0.722. The zero-order chi connectivity index (χ0) is 17.3. The molecule has 1 aromatic carbocycles. The SMILES string of the molecule is CN(C)c1noc([C@@H]2CCCN2C(=O)Cc2cc(Cl)ccc2Cl)n1. The largest absolute Gasteiger partial charge is 0.344 e. The van der Waals surface area contributed by atoms with Crippen molar-refractivity contribution < 1.29 is 9.32 Å². The van der Waals surface area contributed by atoms with Crippen molar-refractivity contribution in [3.05, 3.63) is 39.7 Å². The van der Waals surface area contributed by atoms with Crippen molar-refractivity contribution >= 4 is 35.1 Å². The van der Waals surface area contributed by atoms with Crippen LogP contribution in [0.4, 0.5) is 5.95 Å². The third-order valence-corrected chi connectivity index (χ3v) is 4.64. The Balaban J connectivity index is 1.77. The topological polar surface area (TPSA) is 62.5 Å². The molecule has 1 aliphatic rings. The lowest BCUT2D eigenvalue weighted by Crippen LogP contribution is -2.32. The van der Waals surface area contributed by atoms with E-state index in [1.54, 1.807) is 28.0 Å². The molecule has 0 N–H and O–H groups in total. The zero-order valence-corrected chi connectivity index (χ0v) is 15.0. The predicted octanol–water partition coefficient (Wildman–Crippen LogP) is 3.35. The molecule has 1 fully saturated rings. The predicted molar refractivity (Wildman–Crippen MR) is 92.5 cm³/mol. The Kier molecular flexibility index (Phi) is 4.96. The highest BCUT2D eigenvalue weighted by Gasteiger charge is 2.34. The van der Waals surface area contributed by atoms with E-state index in [4.69, 9.17) is 27.7 Å². The van der Waals surface area contributed by atoms with Gasteiger partial charge in [0.15, 0.2) is 0 Å². The number of nitrogens with zero attached hydrogens (tertiary/aromatic N) is 4. The smallest absolute Gasteiger partial charge is 0.265 e. The fourth-order valence-electron chi connectivity index (χ4n) is 2.81. The third-order valence-electron chi connectivity index (χ3n) is 4.04. The van der Waals surface area contributed by atoms with Crippen molar-refractivity contribution in [2.24, 2.45) is 0 Å². The Bertz CT molecular complexity index is 747. The maximum Gasteiger partial charge on any atom is 0.265 e. The Morgan fingerprint density at radius 1 is 1.42 bits per heavy atom. The maximum atomic E-state index is 12.7. The molecule has 128 valence electrons. The summed E-state index contributed by atoms with van der Waals surface area (Å²) in [6, 6.07) is 4.95. The van der Waals surface area contributed by atoms with Gasteiger partial charge in [0.25, 0.3) is 11.8 Å². The van der Waals surface area contributed by atoms with E-state index < -0.39 is 0 Å². The average molecular weight is 369 g/mol. The molecule has 1 amide bonds. The van der Waals surface area contributed by atoms with Gasteiger partial charge in [-0.25, -0.2) is 0 Å². The van der Waals surface area contributed by atoms with Gasteiger partial charge in [0.1, 0.15) is 6.04 Å². The molecule has 0 bridgehead atoms. The van der Waals surface area contributed by atoms with Gasteiger partial charge in [-0.15, -0.1) is 0 Å². The lowest BCUT2D eigenvalue weighted by Gasteiger charge is -2.22. The first-order chi connectivity index (χ1) is 11.5. The molecule has 2 aromatic rings. The summed E-state index contributed by atoms with van der Waals surface area (Å²) in [4.78, 5) is 20.6. The molecule has 6 nitrogen and oxygen atoms in total. The van der Waals surface area contributed by atoms with Gasteiger partial charge in [-0.3, -0.25) is 4.79 Å². The second-order valence-electron chi connectivity index (χ2n) is 5.98. The van der Waals surface area contributed by atoms with Crippen LogP contribution in [0.15, 0.2) is 22.7 Å². The molecular weight excluding hydrogens is 351 g/mol. The number of likely N-dealkylation sites (tertiary alicyclic amines) is 1. The molecule has 0 aliphatic carbocycles. The number of hydrogen-bond acceptors (Lipinski definition) is 5. The number of amides is 1. The van der Waals surface area contributed by atoms with E-state index in [9.17, 15) is 4.79 Å². The molecule has 24 heavy (non-hydrogen) atoms. The molecule has 8 heteroatoms. The van der Waals surface area contributed by atoms with Crippen molar-refractivity contribution in [3.8, 4) is 0 Å². The van der Waals surface area contributed by atoms with Gasteiger partial charge in [-0.1, -0.05) is 23.2 Å². The second kappa shape index (κ2) is 6.99. The van der Waals surface area contributed by atoms with E-state index in [1.165, 1.54) is 0 Å². The standard InChI is InChI=1S/C16H18Cl2N4O2/c1-21(2)16-19-15(24-20-16)13-4-3-7-22(13)14(23)9-10-8-11(17)5-6-12(10)18/h5-6,8,13H,3-4,7,9H2,1-2H3/t13-/m0/s1. The fraction of sp³-hybridized carbons (Fsp3) is 0.438. The molecule has 2 heterocycles. The number of rotatable bonds is 4. The molecule has 0 saturated carbocycles. The van der Waals surface area contributed by atoms with E-state index >= 15 is 0 Å². The number of benzene rings is 1. The molecular formula is C16H18Cl2N4O2. The molecule has 0 spiro atoms. The minimum atomic E-state index is -0.184. The van der Waals surface area contributed by atoms with E-state index in [2.05, 4.69) is 10.1 Å². The van der Waals surface area contributed by atoms with Crippen molar-refractivity contribution in [3.63, 3.8) is 0 Å². The number of hydrogen-bond donors (Lipinski definition) is 0. The first-order valence-corrected chi connectivity index (χ1v) is 8.45. The van der Waals surface area contributed by atoms with Gasteiger partial charge < -0.3 is 14.3 Å². The maximum absolute atomic E-state index is 12.7. The van der Waals surface area contributed by atoms with Crippen molar-refractivity contribution in [1.29, 1.82) is 0 Å². The minimum absolute atomic E-state index is 0.0220. The van der Waals surface area contributed by atoms with E-state index in [1.807, 2.05) is 14.1 Å². The van der Waals surface area contributed by atoms with Crippen LogP contribution in [-0.2, 0) is 11.2 Å². The molecule has 1 atom stereocenters. The van der Waals surface area contributed by atoms with Crippen LogP contribution in [0.5, 0.6) is 0 Å². The van der Waals surface area contributed by atoms with E-state index in [0.29, 0.717) is 28.4 Å². The summed E-state index contributed by atoms with van der Waals surface area (Å²) < 4.78 is 5.34. The second-order valence-corrected chi connectivity index (χ2v) is 6.83. The summed E-state index contributed by atoms with van der Waals surface area (Å²) in [5.74, 6) is 0.954. The van der Waals surface area contributed by atoms with Crippen LogP contribution in [0, 0.1) is 0 Å². The monoisotopic (exact) mass is 368 g/mol. The summed E-state index contributed by atoms with van der Waals surface area (Å²) in [6.07, 6.45) is 1.91. The van der Waals surface area contributed by atoms with Crippen LogP contribution in [0.25, 0.3) is 0 Å². The Labute approximate surface area is 150 Å².